The Morgan fingerprint density at radius 3 is 2.58 bits per heavy atom. The van der Waals surface area contributed by atoms with E-state index in [1.165, 1.54) is 0 Å². The number of aromatic nitrogens is 2. The van der Waals surface area contributed by atoms with Gasteiger partial charge in [0.15, 0.2) is 5.82 Å². The van der Waals surface area contributed by atoms with Gasteiger partial charge >= 0.3 is 5.97 Å². The molecule has 2 unspecified atom stereocenters. The summed E-state index contributed by atoms with van der Waals surface area (Å²) in [6.45, 7) is 9.71. The Hall–Kier alpha value is -1.43. The molecule has 0 aliphatic rings. The van der Waals surface area contributed by atoms with Crippen molar-refractivity contribution in [3.8, 4) is 0 Å². The summed E-state index contributed by atoms with van der Waals surface area (Å²) in [6.07, 6.45) is -0.0381. The zero-order valence-corrected chi connectivity index (χ0v) is 12.1. The Morgan fingerprint density at radius 1 is 1.47 bits per heavy atom. The van der Waals surface area contributed by atoms with Crippen LogP contribution in [0.2, 0.25) is 0 Å². The Bertz CT molecular complexity index is 430. The molecule has 6 heteroatoms. The number of carbonyl (C=O) groups is 1. The van der Waals surface area contributed by atoms with Crippen LogP contribution in [-0.2, 0) is 16.0 Å². The van der Waals surface area contributed by atoms with Crippen LogP contribution in [0.15, 0.2) is 4.52 Å². The number of aliphatic carboxylic acids is 1. The maximum atomic E-state index is 11.4. The number of carboxylic acids is 1. The smallest absolute Gasteiger partial charge is 0.310 e. The molecule has 0 bridgehead atoms. The molecule has 0 amide bonds. The lowest BCUT2D eigenvalue weighted by atomic mass is 9.76. The van der Waals surface area contributed by atoms with Crippen LogP contribution < -0.4 is 0 Å². The molecule has 0 aliphatic heterocycles. The topological polar surface area (TPSA) is 85.5 Å². The molecular weight excluding hydrogens is 248 g/mol. The summed E-state index contributed by atoms with van der Waals surface area (Å²) >= 11 is 0. The molecule has 1 aromatic heterocycles. The van der Waals surface area contributed by atoms with Gasteiger partial charge in [0.2, 0.25) is 5.89 Å². The van der Waals surface area contributed by atoms with Crippen LogP contribution in [0.25, 0.3) is 0 Å². The second-order valence-electron chi connectivity index (χ2n) is 5.20. The van der Waals surface area contributed by atoms with Gasteiger partial charge in [-0.3, -0.25) is 4.79 Å². The molecule has 0 aromatic carbocycles. The van der Waals surface area contributed by atoms with Gasteiger partial charge in [-0.05, 0) is 26.7 Å². The van der Waals surface area contributed by atoms with Crippen LogP contribution in [0.5, 0.6) is 0 Å². The van der Waals surface area contributed by atoms with Crippen molar-refractivity contribution in [2.75, 3.05) is 6.61 Å². The van der Waals surface area contributed by atoms with Crippen molar-refractivity contribution < 1.29 is 19.2 Å². The van der Waals surface area contributed by atoms with Crippen molar-refractivity contribution in [3.05, 3.63) is 11.7 Å². The summed E-state index contributed by atoms with van der Waals surface area (Å²) in [7, 11) is 0. The van der Waals surface area contributed by atoms with Gasteiger partial charge in [0.1, 0.15) is 6.10 Å². The molecule has 0 spiro atoms. The van der Waals surface area contributed by atoms with E-state index in [0.717, 1.165) is 0 Å². The highest BCUT2D eigenvalue weighted by Crippen LogP contribution is 2.31. The fourth-order valence-electron chi connectivity index (χ4n) is 1.67. The van der Waals surface area contributed by atoms with E-state index in [-0.39, 0.29) is 18.4 Å². The van der Waals surface area contributed by atoms with Crippen molar-refractivity contribution in [1.29, 1.82) is 0 Å². The van der Waals surface area contributed by atoms with E-state index in [9.17, 15) is 9.90 Å². The molecule has 0 fully saturated rings. The maximum absolute atomic E-state index is 11.4. The molecule has 1 rings (SSSR count). The highest BCUT2D eigenvalue weighted by atomic mass is 16.5. The highest BCUT2D eigenvalue weighted by Gasteiger charge is 2.38. The van der Waals surface area contributed by atoms with Crippen molar-refractivity contribution in [2.45, 2.75) is 47.1 Å². The van der Waals surface area contributed by atoms with E-state index in [2.05, 4.69) is 10.1 Å². The van der Waals surface area contributed by atoms with Crippen LogP contribution in [0.3, 0.4) is 0 Å². The van der Waals surface area contributed by atoms with E-state index < -0.39 is 11.4 Å². The fourth-order valence-corrected chi connectivity index (χ4v) is 1.67. The molecule has 0 radical (unpaired) electrons. The number of carboxylic acid groups (broad SMARTS) is 1. The zero-order valence-electron chi connectivity index (χ0n) is 12.1. The third kappa shape index (κ3) is 3.53. The molecule has 1 heterocycles. The first-order valence-electron chi connectivity index (χ1n) is 6.48. The van der Waals surface area contributed by atoms with Crippen molar-refractivity contribution in [3.63, 3.8) is 0 Å². The van der Waals surface area contributed by atoms with E-state index in [1.54, 1.807) is 6.92 Å². The summed E-state index contributed by atoms with van der Waals surface area (Å²) in [5.41, 5.74) is -0.918. The van der Waals surface area contributed by atoms with Gasteiger partial charge in [-0.1, -0.05) is 19.0 Å². The first kappa shape index (κ1) is 15.6. The van der Waals surface area contributed by atoms with Crippen LogP contribution in [0, 0.1) is 11.3 Å². The quantitative estimate of drug-likeness (QED) is 0.819. The second-order valence-corrected chi connectivity index (χ2v) is 5.20. The molecule has 2 atom stereocenters. The van der Waals surface area contributed by atoms with E-state index in [0.29, 0.717) is 18.3 Å². The van der Waals surface area contributed by atoms with Gasteiger partial charge in [0.25, 0.3) is 0 Å². The fraction of sp³-hybridized carbons (Fsp3) is 0.769. The third-order valence-electron chi connectivity index (χ3n) is 3.55. The normalized spacial score (nSPS) is 16.3. The summed E-state index contributed by atoms with van der Waals surface area (Å²) in [4.78, 5) is 15.6. The lowest BCUT2D eigenvalue weighted by Crippen LogP contribution is -2.35. The molecule has 0 aliphatic carbocycles. The lowest BCUT2D eigenvalue weighted by molar-refractivity contribution is -0.150. The van der Waals surface area contributed by atoms with Gasteiger partial charge in [0, 0.05) is 13.0 Å². The van der Waals surface area contributed by atoms with Crippen LogP contribution in [0.1, 0.15) is 52.4 Å². The highest BCUT2D eigenvalue weighted by molar-refractivity contribution is 5.74. The Kier molecular flexibility index (Phi) is 5.05. The predicted octanol–water partition coefficient (Wildman–Crippen LogP) is 2.46. The van der Waals surface area contributed by atoms with E-state index >= 15 is 0 Å². The number of hydrogen-bond acceptors (Lipinski definition) is 5. The number of hydrogen-bond donors (Lipinski definition) is 1. The minimum absolute atomic E-state index is 0.0373. The van der Waals surface area contributed by atoms with Crippen LogP contribution >= 0.6 is 0 Å². The monoisotopic (exact) mass is 270 g/mol. The standard InChI is InChI=1S/C13H22N2O4/c1-6-18-9(4)11-14-10(19-15-11)7-13(5,8(2)3)12(16)17/h8-9H,6-7H2,1-5H3,(H,16,17). The molecule has 19 heavy (non-hydrogen) atoms. The summed E-state index contributed by atoms with van der Waals surface area (Å²) in [5.74, 6) is -0.113. The van der Waals surface area contributed by atoms with Crippen LogP contribution in [-0.4, -0.2) is 27.8 Å². The third-order valence-corrected chi connectivity index (χ3v) is 3.55. The maximum Gasteiger partial charge on any atom is 0.310 e. The Labute approximate surface area is 113 Å². The van der Waals surface area contributed by atoms with Gasteiger partial charge < -0.3 is 14.4 Å². The minimum atomic E-state index is -0.918. The van der Waals surface area contributed by atoms with E-state index in [4.69, 9.17) is 9.26 Å². The average molecular weight is 270 g/mol. The van der Waals surface area contributed by atoms with E-state index in [1.807, 2.05) is 27.7 Å². The van der Waals surface area contributed by atoms with Crippen LogP contribution in [0.4, 0.5) is 0 Å². The average Bonchev–Trinajstić information content (AvgIpc) is 2.77. The molecule has 108 valence electrons. The van der Waals surface area contributed by atoms with Crippen molar-refractivity contribution >= 4 is 5.97 Å². The molecule has 1 aromatic rings. The molecule has 6 nitrogen and oxygen atoms in total. The SMILES string of the molecule is CCOC(C)c1noc(CC(C)(C(=O)O)C(C)C)n1. The number of rotatable bonds is 7. The molecular formula is C13H22N2O4. The predicted molar refractivity (Wildman–Crippen MR) is 68.6 cm³/mol. The van der Waals surface area contributed by atoms with Gasteiger partial charge in [-0.25, -0.2) is 0 Å². The first-order chi connectivity index (χ1) is 8.81. The lowest BCUT2D eigenvalue weighted by Gasteiger charge is -2.27. The summed E-state index contributed by atoms with van der Waals surface area (Å²) < 4.78 is 10.5. The van der Waals surface area contributed by atoms with Crippen molar-refractivity contribution in [2.24, 2.45) is 11.3 Å². The Balaban J connectivity index is 2.85. The Morgan fingerprint density at radius 2 is 2.11 bits per heavy atom. The largest absolute Gasteiger partial charge is 0.481 e. The summed E-state index contributed by atoms with van der Waals surface area (Å²) in [5, 5.41) is 13.2. The van der Waals surface area contributed by atoms with Gasteiger partial charge in [0.05, 0.1) is 5.41 Å². The first-order valence-corrected chi connectivity index (χ1v) is 6.48. The van der Waals surface area contributed by atoms with Crippen molar-refractivity contribution in [1.82, 2.24) is 10.1 Å². The number of ether oxygens (including phenoxy) is 1. The summed E-state index contributed by atoms with van der Waals surface area (Å²) in [6, 6.07) is 0. The van der Waals surface area contributed by atoms with Gasteiger partial charge in [-0.2, -0.15) is 4.98 Å². The van der Waals surface area contributed by atoms with Gasteiger partial charge in [-0.15, -0.1) is 0 Å². The molecule has 0 saturated carbocycles. The minimum Gasteiger partial charge on any atom is -0.481 e. The second kappa shape index (κ2) is 6.14. The molecule has 1 N–H and O–H groups in total. The number of nitrogens with zero attached hydrogens (tertiary/aromatic N) is 2. The molecule has 0 saturated heterocycles. The zero-order chi connectivity index (χ0) is 14.6.